The number of amides is 1. The van der Waals surface area contributed by atoms with E-state index >= 15 is 0 Å². The molecule has 0 radical (unpaired) electrons. The van der Waals surface area contributed by atoms with Crippen molar-refractivity contribution in [1.29, 1.82) is 0 Å². The summed E-state index contributed by atoms with van der Waals surface area (Å²) in [6, 6.07) is 18.0. The molecule has 1 fully saturated rings. The summed E-state index contributed by atoms with van der Waals surface area (Å²) in [7, 11) is 0. The molecule has 0 unspecified atom stereocenters. The zero-order valence-corrected chi connectivity index (χ0v) is 16.0. The monoisotopic (exact) mass is 402 g/mol. The summed E-state index contributed by atoms with van der Waals surface area (Å²) in [5.41, 5.74) is 1.31. The van der Waals surface area contributed by atoms with Crippen molar-refractivity contribution in [3.8, 4) is 5.75 Å². The van der Waals surface area contributed by atoms with E-state index < -0.39 is 6.10 Å². The van der Waals surface area contributed by atoms with Crippen molar-refractivity contribution >= 4 is 21.8 Å². The van der Waals surface area contributed by atoms with Gasteiger partial charge in [0.1, 0.15) is 5.75 Å². The van der Waals surface area contributed by atoms with E-state index in [1.54, 1.807) is 0 Å². The molecule has 5 heteroatoms. The van der Waals surface area contributed by atoms with Gasteiger partial charge in [-0.1, -0.05) is 46.3 Å². The molecule has 1 atom stereocenters. The summed E-state index contributed by atoms with van der Waals surface area (Å²) in [6.07, 6.45) is -0.471. The van der Waals surface area contributed by atoms with Gasteiger partial charge in [-0.2, -0.15) is 0 Å². The lowest BCUT2D eigenvalue weighted by Gasteiger charge is -2.35. The molecule has 2 aromatic rings. The van der Waals surface area contributed by atoms with E-state index in [0.29, 0.717) is 5.75 Å². The maximum atomic E-state index is 12.6. The number of carbonyl (C=O) groups excluding carboxylic acids is 1. The molecule has 0 aliphatic carbocycles. The predicted molar refractivity (Wildman–Crippen MR) is 103 cm³/mol. The molecule has 132 valence electrons. The van der Waals surface area contributed by atoms with Crippen LogP contribution in [0.4, 0.5) is 0 Å². The number of ether oxygens (including phenoxy) is 1. The van der Waals surface area contributed by atoms with Gasteiger partial charge in [0, 0.05) is 37.2 Å². The van der Waals surface area contributed by atoms with E-state index in [2.05, 4.69) is 45.1 Å². The van der Waals surface area contributed by atoms with Gasteiger partial charge in [0.2, 0.25) is 0 Å². The highest BCUT2D eigenvalue weighted by Crippen LogP contribution is 2.18. The molecular formula is C20H23BrN2O2. The number of halogens is 1. The number of carbonyl (C=O) groups is 1. The minimum Gasteiger partial charge on any atom is -0.481 e. The molecule has 1 amide bonds. The highest BCUT2D eigenvalue weighted by molar-refractivity contribution is 9.10. The third-order valence-electron chi connectivity index (χ3n) is 4.41. The van der Waals surface area contributed by atoms with Gasteiger partial charge in [0.05, 0.1) is 0 Å². The van der Waals surface area contributed by atoms with Crippen LogP contribution in [-0.2, 0) is 11.3 Å². The van der Waals surface area contributed by atoms with Crippen LogP contribution in [0, 0.1) is 0 Å². The standard InChI is InChI=1S/C20H23BrN2O2/c1-16(25-19-9-7-18(21)8-10-19)20(24)23-13-11-22(12-14-23)15-17-5-3-2-4-6-17/h2-10,16H,11-15H2,1H3/t16-/m1/s1. The van der Waals surface area contributed by atoms with Crippen LogP contribution in [0.15, 0.2) is 59.1 Å². The molecule has 1 saturated heterocycles. The lowest BCUT2D eigenvalue weighted by Crippen LogP contribution is -2.51. The van der Waals surface area contributed by atoms with Crippen LogP contribution in [0.5, 0.6) is 5.75 Å². The summed E-state index contributed by atoms with van der Waals surface area (Å²) < 4.78 is 6.78. The molecule has 0 aromatic heterocycles. The van der Waals surface area contributed by atoms with Crippen molar-refractivity contribution in [1.82, 2.24) is 9.80 Å². The van der Waals surface area contributed by atoms with E-state index in [-0.39, 0.29) is 5.91 Å². The molecule has 0 N–H and O–H groups in total. The number of benzene rings is 2. The molecule has 2 aromatic carbocycles. The maximum absolute atomic E-state index is 12.6. The van der Waals surface area contributed by atoms with Gasteiger partial charge < -0.3 is 9.64 Å². The number of piperazine rings is 1. The van der Waals surface area contributed by atoms with Crippen molar-refractivity contribution in [2.45, 2.75) is 19.6 Å². The topological polar surface area (TPSA) is 32.8 Å². The summed E-state index contributed by atoms with van der Waals surface area (Å²) in [6.45, 7) is 6.05. The normalized spacial score (nSPS) is 16.5. The van der Waals surface area contributed by atoms with E-state index in [0.717, 1.165) is 37.2 Å². The Morgan fingerprint density at radius 2 is 1.68 bits per heavy atom. The van der Waals surface area contributed by atoms with E-state index in [4.69, 9.17) is 4.74 Å². The Hall–Kier alpha value is -1.85. The fraction of sp³-hybridized carbons (Fsp3) is 0.350. The molecule has 0 bridgehead atoms. The number of hydrogen-bond donors (Lipinski definition) is 0. The van der Waals surface area contributed by atoms with Crippen LogP contribution >= 0.6 is 15.9 Å². The van der Waals surface area contributed by atoms with Gasteiger partial charge in [0.25, 0.3) is 5.91 Å². The van der Waals surface area contributed by atoms with Crippen molar-refractivity contribution in [3.05, 3.63) is 64.6 Å². The Morgan fingerprint density at radius 1 is 1.04 bits per heavy atom. The molecule has 0 spiro atoms. The summed E-state index contributed by atoms with van der Waals surface area (Å²) in [4.78, 5) is 16.9. The van der Waals surface area contributed by atoms with Crippen molar-refractivity contribution in [3.63, 3.8) is 0 Å². The number of hydrogen-bond acceptors (Lipinski definition) is 3. The highest BCUT2D eigenvalue weighted by atomic mass is 79.9. The second-order valence-electron chi connectivity index (χ2n) is 6.30. The minimum atomic E-state index is -0.471. The fourth-order valence-corrected chi connectivity index (χ4v) is 3.26. The molecule has 25 heavy (non-hydrogen) atoms. The second-order valence-corrected chi connectivity index (χ2v) is 7.22. The van der Waals surface area contributed by atoms with Crippen molar-refractivity contribution in [2.24, 2.45) is 0 Å². The van der Waals surface area contributed by atoms with Crippen LogP contribution in [0.2, 0.25) is 0 Å². The van der Waals surface area contributed by atoms with E-state index in [1.165, 1.54) is 5.56 Å². The zero-order valence-electron chi connectivity index (χ0n) is 14.4. The number of nitrogens with zero attached hydrogens (tertiary/aromatic N) is 2. The van der Waals surface area contributed by atoms with Crippen LogP contribution < -0.4 is 4.74 Å². The molecular weight excluding hydrogens is 380 g/mol. The molecule has 1 heterocycles. The average Bonchev–Trinajstić information content (AvgIpc) is 2.64. The third kappa shape index (κ3) is 5.06. The van der Waals surface area contributed by atoms with Gasteiger partial charge >= 0.3 is 0 Å². The molecule has 3 rings (SSSR count). The average molecular weight is 403 g/mol. The Balaban J connectivity index is 1.48. The lowest BCUT2D eigenvalue weighted by atomic mass is 10.2. The lowest BCUT2D eigenvalue weighted by molar-refractivity contribution is -0.139. The first-order valence-electron chi connectivity index (χ1n) is 8.59. The Morgan fingerprint density at radius 3 is 2.32 bits per heavy atom. The SMILES string of the molecule is C[C@@H](Oc1ccc(Br)cc1)C(=O)N1CCN(Cc2ccccc2)CC1. The first-order chi connectivity index (χ1) is 12.1. The Bertz CT molecular complexity index is 683. The first kappa shape index (κ1) is 18.0. The Kier molecular flexibility index (Phi) is 6.10. The van der Waals surface area contributed by atoms with Crippen LogP contribution in [0.25, 0.3) is 0 Å². The van der Waals surface area contributed by atoms with Crippen molar-refractivity contribution in [2.75, 3.05) is 26.2 Å². The van der Waals surface area contributed by atoms with Gasteiger partial charge in [-0.3, -0.25) is 9.69 Å². The highest BCUT2D eigenvalue weighted by Gasteiger charge is 2.26. The largest absolute Gasteiger partial charge is 0.481 e. The summed E-state index contributed by atoms with van der Waals surface area (Å²) in [5.74, 6) is 0.772. The first-order valence-corrected chi connectivity index (χ1v) is 9.38. The van der Waals surface area contributed by atoms with Crippen molar-refractivity contribution < 1.29 is 9.53 Å². The second kappa shape index (κ2) is 8.50. The molecule has 1 aliphatic rings. The van der Waals surface area contributed by atoms with Gasteiger partial charge in [0.15, 0.2) is 6.10 Å². The van der Waals surface area contributed by atoms with Crippen LogP contribution in [0.1, 0.15) is 12.5 Å². The quantitative estimate of drug-likeness (QED) is 0.766. The smallest absolute Gasteiger partial charge is 0.263 e. The fourth-order valence-electron chi connectivity index (χ4n) is 2.99. The van der Waals surface area contributed by atoms with Crippen LogP contribution in [0.3, 0.4) is 0 Å². The molecule has 1 aliphatic heterocycles. The Labute approximate surface area is 157 Å². The number of rotatable bonds is 5. The van der Waals surface area contributed by atoms with Gasteiger partial charge in [-0.05, 0) is 36.8 Å². The summed E-state index contributed by atoms with van der Waals surface area (Å²) in [5, 5.41) is 0. The third-order valence-corrected chi connectivity index (χ3v) is 4.94. The minimum absolute atomic E-state index is 0.0577. The molecule has 4 nitrogen and oxygen atoms in total. The van der Waals surface area contributed by atoms with Gasteiger partial charge in [-0.15, -0.1) is 0 Å². The van der Waals surface area contributed by atoms with E-state index in [9.17, 15) is 4.79 Å². The predicted octanol–water partition coefficient (Wildman–Crippen LogP) is 3.56. The molecule has 0 saturated carbocycles. The van der Waals surface area contributed by atoms with E-state index in [1.807, 2.05) is 42.2 Å². The zero-order chi connectivity index (χ0) is 17.6. The maximum Gasteiger partial charge on any atom is 0.263 e. The van der Waals surface area contributed by atoms with Crippen LogP contribution in [-0.4, -0.2) is 48.0 Å². The van der Waals surface area contributed by atoms with Gasteiger partial charge in [-0.25, -0.2) is 0 Å². The summed E-state index contributed by atoms with van der Waals surface area (Å²) >= 11 is 3.40.